The van der Waals surface area contributed by atoms with Crippen LogP contribution in [0.4, 0.5) is 21.0 Å². The molecule has 198 valence electrons. The van der Waals surface area contributed by atoms with Gasteiger partial charge in [0.25, 0.3) is 5.69 Å². The zero-order valence-electron chi connectivity index (χ0n) is 20.4. The van der Waals surface area contributed by atoms with E-state index in [0.717, 1.165) is 0 Å². The van der Waals surface area contributed by atoms with Crippen LogP contribution in [0.25, 0.3) is 0 Å². The topological polar surface area (TPSA) is 183 Å². The van der Waals surface area contributed by atoms with Crippen LogP contribution in [-0.4, -0.2) is 45.8 Å². The molecule has 13 heteroatoms. The van der Waals surface area contributed by atoms with Crippen molar-refractivity contribution in [2.45, 2.75) is 51.9 Å². The van der Waals surface area contributed by atoms with Gasteiger partial charge in [0.1, 0.15) is 24.0 Å². The number of carbonyl (C=O) groups is 4. The first-order chi connectivity index (χ1) is 17.3. The number of nitrogens with one attached hydrogen (secondary N) is 2. The summed E-state index contributed by atoms with van der Waals surface area (Å²) in [4.78, 5) is 57.3. The molecule has 0 radical (unpaired) electrons. The first kappa shape index (κ1) is 28.6. The zero-order chi connectivity index (χ0) is 27.6. The fourth-order valence-electron chi connectivity index (χ4n) is 2.79. The summed E-state index contributed by atoms with van der Waals surface area (Å²) in [5, 5.41) is 24.8. The van der Waals surface area contributed by atoms with E-state index in [1.54, 1.807) is 45.0 Å². The minimum absolute atomic E-state index is 0.0834. The number of rotatable bonds is 10. The fourth-order valence-corrected chi connectivity index (χ4v) is 2.79. The molecule has 2 aromatic rings. The quantitative estimate of drug-likeness (QED) is 0.180. The van der Waals surface area contributed by atoms with Crippen molar-refractivity contribution in [3.05, 3.63) is 64.2 Å². The van der Waals surface area contributed by atoms with E-state index in [1.165, 1.54) is 24.3 Å². The lowest BCUT2D eigenvalue weighted by molar-refractivity contribution is -0.384. The van der Waals surface area contributed by atoms with Crippen LogP contribution in [-0.2, 0) is 25.7 Å². The Kier molecular flexibility index (Phi) is 9.92. The standard InChI is InChI=1S/C24H27N3O10/c1-24(2,3)37-22(31)26-19(21(29)30)12-13-20(28)25-16-6-4-15(5-7-16)14-35-23(32)36-18-10-8-17(9-11-18)27(33)34/h4-11,19H,12-14H2,1-3H3,(H,25,28)(H,26,31)(H,29,30). The van der Waals surface area contributed by atoms with Crippen molar-refractivity contribution in [1.82, 2.24) is 5.32 Å². The molecule has 0 aliphatic carbocycles. The molecule has 2 rings (SSSR count). The number of nitro groups is 1. The molecule has 0 aliphatic rings. The molecule has 2 amide bonds. The smallest absolute Gasteiger partial charge is 0.480 e. The lowest BCUT2D eigenvalue weighted by Gasteiger charge is -2.21. The summed E-state index contributed by atoms with van der Waals surface area (Å²) in [5.74, 6) is -1.68. The van der Waals surface area contributed by atoms with Gasteiger partial charge in [-0.05, 0) is 57.0 Å². The molecule has 0 saturated carbocycles. The minimum atomic E-state index is -1.30. The Morgan fingerprint density at radius 2 is 1.65 bits per heavy atom. The Morgan fingerprint density at radius 1 is 1.03 bits per heavy atom. The largest absolute Gasteiger partial charge is 0.514 e. The third-order valence-electron chi connectivity index (χ3n) is 4.49. The van der Waals surface area contributed by atoms with Gasteiger partial charge in [0, 0.05) is 24.2 Å². The summed E-state index contributed by atoms with van der Waals surface area (Å²) >= 11 is 0. The van der Waals surface area contributed by atoms with Gasteiger partial charge in [0.05, 0.1) is 4.92 Å². The molecule has 3 N–H and O–H groups in total. The van der Waals surface area contributed by atoms with Gasteiger partial charge in [-0.2, -0.15) is 0 Å². The molecule has 0 saturated heterocycles. The van der Waals surface area contributed by atoms with Gasteiger partial charge < -0.3 is 30.0 Å². The number of anilines is 1. The average Bonchev–Trinajstić information content (AvgIpc) is 2.80. The van der Waals surface area contributed by atoms with Gasteiger partial charge in [-0.15, -0.1) is 0 Å². The number of carboxylic acids is 1. The van der Waals surface area contributed by atoms with E-state index in [1.807, 2.05) is 0 Å². The third kappa shape index (κ3) is 10.6. The second-order valence-corrected chi connectivity index (χ2v) is 8.71. The molecule has 0 heterocycles. The summed E-state index contributed by atoms with van der Waals surface area (Å²) in [5.41, 5.74) is 0.0715. The molecule has 13 nitrogen and oxygen atoms in total. The average molecular weight is 517 g/mol. The molecule has 0 spiro atoms. The lowest BCUT2D eigenvalue weighted by atomic mass is 10.1. The van der Waals surface area contributed by atoms with Crippen LogP contribution in [0, 0.1) is 10.1 Å². The van der Waals surface area contributed by atoms with Crippen molar-refractivity contribution in [3.63, 3.8) is 0 Å². The molecule has 1 unspecified atom stereocenters. The van der Waals surface area contributed by atoms with E-state index in [2.05, 4.69) is 10.6 Å². The fraction of sp³-hybridized carbons (Fsp3) is 0.333. The number of ether oxygens (including phenoxy) is 3. The monoisotopic (exact) mass is 517 g/mol. The Labute approximate surface area is 211 Å². The molecule has 0 aromatic heterocycles. The number of aliphatic carboxylic acids is 1. The number of carboxylic acid groups (broad SMARTS) is 1. The summed E-state index contributed by atoms with van der Waals surface area (Å²) < 4.78 is 15.0. The summed E-state index contributed by atoms with van der Waals surface area (Å²) in [6.07, 6.45) is -2.22. The number of alkyl carbamates (subject to hydrolysis) is 1. The number of carbonyl (C=O) groups excluding carboxylic acids is 3. The van der Waals surface area contributed by atoms with Gasteiger partial charge in [-0.1, -0.05) is 12.1 Å². The van der Waals surface area contributed by atoms with Crippen LogP contribution in [0.15, 0.2) is 48.5 Å². The molecular weight excluding hydrogens is 490 g/mol. The number of benzene rings is 2. The van der Waals surface area contributed by atoms with E-state index in [0.29, 0.717) is 11.3 Å². The number of hydrogen-bond donors (Lipinski definition) is 3. The maximum absolute atomic E-state index is 12.2. The van der Waals surface area contributed by atoms with Gasteiger partial charge in [-0.3, -0.25) is 14.9 Å². The van der Waals surface area contributed by atoms with Crippen LogP contribution < -0.4 is 15.4 Å². The van der Waals surface area contributed by atoms with Gasteiger partial charge in [0.2, 0.25) is 5.91 Å². The van der Waals surface area contributed by atoms with E-state index in [-0.39, 0.29) is 30.9 Å². The van der Waals surface area contributed by atoms with E-state index < -0.39 is 40.7 Å². The highest BCUT2D eigenvalue weighted by Gasteiger charge is 2.24. The number of hydrogen-bond acceptors (Lipinski definition) is 9. The maximum atomic E-state index is 12.2. The maximum Gasteiger partial charge on any atom is 0.514 e. The van der Waals surface area contributed by atoms with Crippen LogP contribution in [0.5, 0.6) is 5.75 Å². The number of non-ortho nitro benzene ring substituents is 1. The van der Waals surface area contributed by atoms with Gasteiger partial charge in [0.15, 0.2) is 0 Å². The van der Waals surface area contributed by atoms with E-state index in [9.17, 15) is 34.4 Å². The highest BCUT2D eigenvalue weighted by Crippen LogP contribution is 2.18. The molecule has 0 aliphatic heterocycles. The van der Waals surface area contributed by atoms with Crippen LogP contribution in [0.2, 0.25) is 0 Å². The van der Waals surface area contributed by atoms with Crippen molar-refractivity contribution in [2.75, 3.05) is 5.32 Å². The highest BCUT2D eigenvalue weighted by atomic mass is 16.7. The van der Waals surface area contributed by atoms with Crippen LogP contribution in [0.3, 0.4) is 0 Å². The predicted molar refractivity (Wildman–Crippen MR) is 129 cm³/mol. The molecule has 0 fully saturated rings. The van der Waals surface area contributed by atoms with Crippen molar-refractivity contribution >= 4 is 35.5 Å². The Bertz CT molecular complexity index is 1120. The molecule has 1 atom stereocenters. The van der Waals surface area contributed by atoms with Crippen molar-refractivity contribution in [3.8, 4) is 5.75 Å². The second-order valence-electron chi connectivity index (χ2n) is 8.71. The van der Waals surface area contributed by atoms with Crippen molar-refractivity contribution < 1.29 is 43.4 Å². The predicted octanol–water partition coefficient (Wildman–Crippen LogP) is 4.01. The Balaban J connectivity index is 1.78. The number of nitrogens with zero attached hydrogens (tertiary/aromatic N) is 1. The second kappa shape index (κ2) is 12.9. The van der Waals surface area contributed by atoms with Gasteiger partial charge in [-0.25, -0.2) is 14.4 Å². The summed E-state index contributed by atoms with van der Waals surface area (Å²) in [6.45, 7) is 4.79. The van der Waals surface area contributed by atoms with Crippen molar-refractivity contribution in [2.24, 2.45) is 0 Å². The normalized spacial score (nSPS) is 11.5. The molecule has 2 aromatic carbocycles. The summed E-state index contributed by atoms with van der Waals surface area (Å²) in [7, 11) is 0. The van der Waals surface area contributed by atoms with Crippen molar-refractivity contribution in [1.29, 1.82) is 0 Å². The molecule has 0 bridgehead atoms. The summed E-state index contributed by atoms with van der Waals surface area (Å²) in [6, 6.07) is 9.93. The first-order valence-corrected chi connectivity index (χ1v) is 11.0. The zero-order valence-corrected chi connectivity index (χ0v) is 20.4. The SMILES string of the molecule is CC(C)(C)OC(=O)NC(CCC(=O)Nc1ccc(COC(=O)Oc2ccc([N+](=O)[O-])cc2)cc1)C(=O)O. The molecular formula is C24H27N3O10. The van der Waals surface area contributed by atoms with Crippen LogP contribution in [0.1, 0.15) is 39.2 Å². The molecule has 37 heavy (non-hydrogen) atoms. The van der Waals surface area contributed by atoms with Gasteiger partial charge >= 0.3 is 18.2 Å². The number of nitro benzene ring substituents is 1. The van der Waals surface area contributed by atoms with Crippen LogP contribution >= 0.6 is 0 Å². The minimum Gasteiger partial charge on any atom is -0.480 e. The highest BCUT2D eigenvalue weighted by molar-refractivity contribution is 5.91. The van der Waals surface area contributed by atoms with E-state index >= 15 is 0 Å². The third-order valence-corrected chi connectivity index (χ3v) is 4.49. The Morgan fingerprint density at radius 3 is 2.19 bits per heavy atom. The number of amides is 2. The van der Waals surface area contributed by atoms with E-state index in [4.69, 9.17) is 14.2 Å². The Hall–Kier alpha value is -4.68. The first-order valence-electron chi connectivity index (χ1n) is 11.0. The lowest BCUT2D eigenvalue weighted by Crippen LogP contribution is -2.43.